The van der Waals surface area contributed by atoms with Crippen LogP contribution < -0.4 is 0 Å². The van der Waals surface area contributed by atoms with Gasteiger partial charge < -0.3 is 0 Å². The number of aryl methyl sites for hydroxylation is 1. The number of carbonyl (C=O) groups is 1. The van der Waals surface area contributed by atoms with Crippen LogP contribution in [-0.4, -0.2) is 28.6 Å². The zero-order valence-corrected chi connectivity index (χ0v) is 13.8. The summed E-state index contributed by atoms with van der Waals surface area (Å²) in [6.45, 7) is 1.60. The van der Waals surface area contributed by atoms with Crippen LogP contribution in [0.4, 0.5) is 0 Å². The van der Waals surface area contributed by atoms with E-state index in [1.165, 1.54) is 18.3 Å². The van der Waals surface area contributed by atoms with Gasteiger partial charge in [-0.15, -0.1) is 0 Å². The van der Waals surface area contributed by atoms with Crippen LogP contribution in [0, 0.1) is 6.92 Å². The zero-order valence-electron chi connectivity index (χ0n) is 11.4. The number of aldehydes is 1. The summed E-state index contributed by atoms with van der Waals surface area (Å²) in [7, 11) is -3.81. The molecule has 0 aliphatic heterocycles. The summed E-state index contributed by atoms with van der Waals surface area (Å²) >= 11 is 3.27. The molecular formula is C14H10BrN3O3S. The summed E-state index contributed by atoms with van der Waals surface area (Å²) in [5.74, 6) is 0.324. The normalized spacial score (nSPS) is 11.7. The molecule has 6 nitrogen and oxygen atoms in total. The van der Waals surface area contributed by atoms with E-state index in [9.17, 15) is 13.2 Å². The molecule has 0 saturated heterocycles. The number of nitrogens with zero attached hydrogens (tertiary/aromatic N) is 3. The fraction of sp³-hybridized carbons (Fsp3) is 0.0714. The molecule has 22 heavy (non-hydrogen) atoms. The second-order valence-electron chi connectivity index (χ2n) is 4.56. The van der Waals surface area contributed by atoms with E-state index in [0.29, 0.717) is 22.0 Å². The van der Waals surface area contributed by atoms with Crippen molar-refractivity contribution >= 4 is 43.3 Å². The van der Waals surface area contributed by atoms with Crippen molar-refractivity contribution in [3.8, 4) is 0 Å². The van der Waals surface area contributed by atoms with E-state index in [1.54, 1.807) is 25.1 Å². The number of rotatable bonds is 3. The molecule has 0 fully saturated rings. The molecule has 0 N–H and O–H groups in total. The molecule has 0 aliphatic rings. The molecule has 0 aliphatic carbocycles. The molecule has 3 aromatic rings. The fourth-order valence-electron chi connectivity index (χ4n) is 2.17. The van der Waals surface area contributed by atoms with Gasteiger partial charge in [-0.3, -0.25) is 4.79 Å². The summed E-state index contributed by atoms with van der Waals surface area (Å²) in [5, 5.41) is 0.375. The van der Waals surface area contributed by atoms with E-state index in [1.807, 2.05) is 0 Å². The van der Waals surface area contributed by atoms with Gasteiger partial charge in [0.05, 0.1) is 10.3 Å². The summed E-state index contributed by atoms with van der Waals surface area (Å²) < 4.78 is 27.0. The molecule has 0 amide bonds. The maximum Gasteiger partial charge on any atom is 0.269 e. The number of carbonyl (C=O) groups excluding carboxylic acids is 1. The van der Waals surface area contributed by atoms with Crippen LogP contribution in [0.3, 0.4) is 0 Å². The molecule has 2 aromatic heterocycles. The average Bonchev–Trinajstić information content (AvgIpc) is 2.85. The highest BCUT2D eigenvalue weighted by atomic mass is 79.9. The first-order chi connectivity index (χ1) is 10.4. The first-order valence-corrected chi connectivity index (χ1v) is 8.49. The Hall–Kier alpha value is -2.06. The highest BCUT2D eigenvalue weighted by Gasteiger charge is 2.23. The van der Waals surface area contributed by atoms with E-state index in [2.05, 4.69) is 25.9 Å². The Balaban J connectivity index is 2.38. The average molecular weight is 380 g/mol. The van der Waals surface area contributed by atoms with Crippen molar-refractivity contribution in [1.82, 2.24) is 13.9 Å². The predicted molar refractivity (Wildman–Crippen MR) is 84.4 cm³/mol. The van der Waals surface area contributed by atoms with Crippen molar-refractivity contribution in [3.05, 3.63) is 52.5 Å². The monoisotopic (exact) mass is 379 g/mol. The Kier molecular flexibility index (Phi) is 3.57. The van der Waals surface area contributed by atoms with Gasteiger partial charge in [0.25, 0.3) is 10.0 Å². The van der Waals surface area contributed by atoms with Crippen molar-refractivity contribution in [2.45, 2.75) is 11.8 Å². The van der Waals surface area contributed by atoms with Crippen LogP contribution in [0.25, 0.3) is 11.0 Å². The van der Waals surface area contributed by atoms with Crippen molar-refractivity contribution in [2.24, 2.45) is 0 Å². The standard InChI is InChI=1S/C14H10BrN3O3S/c1-9-16-12(8-19)13-11(15)7-18(14(13)17-9)22(20,21)10-5-3-2-4-6-10/h2-8H,1H3. The molecule has 0 unspecified atom stereocenters. The van der Waals surface area contributed by atoms with Gasteiger partial charge in [-0.2, -0.15) is 0 Å². The van der Waals surface area contributed by atoms with Gasteiger partial charge in [0.2, 0.25) is 0 Å². The Morgan fingerprint density at radius 1 is 1.18 bits per heavy atom. The summed E-state index contributed by atoms with van der Waals surface area (Å²) in [6, 6.07) is 8.03. The molecule has 112 valence electrons. The lowest BCUT2D eigenvalue weighted by Gasteiger charge is -2.07. The molecule has 8 heteroatoms. The molecular weight excluding hydrogens is 370 g/mol. The Bertz CT molecular complexity index is 981. The van der Waals surface area contributed by atoms with Gasteiger partial charge >= 0.3 is 0 Å². The Morgan fingerprint density at radius 2 is 1.86 bits per heavy atom. The number of hydrogen-bond acceptors (Lipinski definition) is 5. The molecule has 0 spiro atoms. The van der Waals surface area contributed by atoms with E-state index in [-0.39, 0.29) is 16.2 Å². The first-order valence-electron chi connectivity index (χ1n) is 6.26. The molecule has 3 rings (SSSR count). The van der Waals surface area contributed by atoms with Crippen LogP contribution in [0.2, 0.25) is 0 Å². The lowest BCUT2D eigenvalue weighted by molar-refractivity contribution is 0.112. The predicted octanol–water partition coefficient (Wildman–Crippen LogP) is 2.55. The molecule has 0 atom stereocenters. The molecule has 0 radical (unpaired) electrons. The van der Waals surface area contributed by atoms with Crippen LogP contribution in [-0.2, 0) is 10.0 Å². The Morgan fingerprint density at radius 3 is 2.50 bits per heavy atom. The van der Waals surface area contributed by atoms with Gasteiger partial charge in [0, 0.05) is 10.7 Å². The highest BCUT2D eigenvalue weighted by Crippen LogP contribution is 2.29. The molecule has 2 heterocycles. The number of hydrogen-bond donors (Lipinski definition) is 0. The van der Waals surface area contributed by atoms with Gasteiger partial charge in [-0.05, 0) is 35.0 Å². The minimum Gasteiger partial charge on any atom is -0.296 e. The first kappa shape index (κ1) is 14.9. The maximum atomic E-state index is 12.8. The van der Waals surface area contributed by atoms with Crippen LogP contribution in [0.5, 0.6) is 0 Å². The SMILES string of the molecule is Cc1nc(C=O)c2c(Br)cn(S(=O)(=O)c3ccccc3)c2n1. The molecule has 1 aromatic carbocycles. The highest BCUT2D eigenvalue weighted by molar-refractivity contribution is 9.10. The summed E-state index contributed by atoms with van der Waals surface area (Å²) in [4.78, 5) is 19.5. The zero-order chi connectivity index (χ0) is 15.9. The largest absolute Gasteiger partial charge is 0.296 e. The van der Waals surface area contributed by atoms with E-state index < -0.39 is 10.0 Å². The summed E-state index contributed by atoms with van der Waals surface area (Å²) in [5.41, 5.74) is 0.321. The fourth-order valence-corrected chi connectivity index (χ4v) is 4.22. The van der Waals surface area contributed by atoms with Crippen LogP contribution in [0.1, 0.15) is 16.3 Å². The molecule has 0 saturated carbocycles. The smallest absolute Gasteiger partial charge is 0.269 e. The summed E-state index contributed by atoms with van der Waals surface area (Å²) in [6.07, 6.45) is 1.97. The van der Waals surface area contributed by atoms with Gasteiger partial charge in [-0.25, -0.2) is 22.4 Å². The lowest BCUT2D eigenvalue weighted by Crippen LogP contribution is -2.13. The molecule has 0 bridgehead atoms. The number of aromatic nitrogens is 3. The van der Waals surface area contributed by atoms with Crippen molar-refractivity contribution in [2.75, 3.05) is 0 Å². The van der Waals surface area contributed by atoms with E-state index in [4.69, 9.17) is 0 Å². The number of halogens is 1. The minimum absolute atomic E-state index is 0.142. The quantitative estimate of drug-likeness (QED) is 0.653. The van der Waals surface area contributed by atoms with Gasteiger partial charge in [0.1, 0.15) is 11.5 Å². The number of benzene rings is 1. The Labute approximate surface area is 135 Å². The van der Waals surface area contributed by atoms with Gasteiger partial charge in [-0.1, -0.05) is 18.2 Å². The lowest BCUT2D eigenvalue weighted by atomic mass is 10.3. The van der Waals surface area contributed by atoms with Crippen molar-refractivity contribution < 1.29 is 13.2 Å². The van der Waals surface area contributed by atoms with Gasteiger partial charge in [0.15, 0.2) is 11.9 Å². The van der Waals surface area contributed by atoms with Crippen LogP contribution in [0.15, 0.2) is 45.9 Å². The minimum atomic E-state index is -3.81. The second-order valence-corrected chi connectivity index (χ2v) is 7.23. The van der Waals surface area contributed by atoms with E-state index >= 15 is 0 Å². The third-order valence-electron chi connectivity index (χ3n) is 3.12. The topological polar surface area (TPSA) is 81.9 Å². The second kappa shape index (κ2) is 5.29. The number of fused-ring (bicyclic) bond motifs is 1. The van der Waals surface area contributed by atoms with Crippen LogP contribution >= 0.6 is 15.9 Å². The van der Waals surface area contributed by atoms with Crippen molar-refractivity contribution in [1.29, 1.82) is 0 Å². The third-order valence-corrected chi connectivity index (χ3v) is 5.38. The third kappa shape index (κ3) is 2.24. The van der Waals surface area contributed by atoms with E-state index in [0.717, 1.165) is 3.97 Å². The maximum absolute atomic E-state index is 12.8. The van der Waals surface area contributed by atoms with Crippen molar-refractivity contribution in [3.63, 3.8) is 0 Å².